The molecule has 1 N–H and O–H groups in total. The van der Waals surface area contributed by atoms with E-state index in [0.717, 1.165) is 0 Å². The Morgan fingerprint density at radius 1 is 1.16 bits per heavy atom. The van der Waals surface area contributed by atoms with Gasteiger partial charge in [-0.05, 0) is 44.0 Å². The zero-order valence-corrected chi connectivity index (χ0v) is 17.5. The number of ether oxygens (including phenoxy) is 1. The fourth-order valence-electron chi connectivity index (χ4n) is 3.99. The number of benzene rings is 1. The minimum Gasteiger partial charge on any atom is -0.479 e. The predicted molar refractivity (Wildman–Crippen MR) is 115 cm³/mol. The van der Waals surface area contributed by atoms with E-state index in [9.17, 15) is 14.4 Å². The summed E-state index contributed by atoms with van der Waals surface area (Å²) >= 11 is 0. The number of piperidine rings is 1. The van der Waals surface area contributed by atoms with Crippen molar-refractivity contribution in [2.75, 3.05) is 24.5 Å². The molecule has 1 saturated heterocycles. The van der Waals surface area contributed by atoms with E-state index in [-0.39, 0.29) is 30.2 Å². The zero-order chi connectivity index (χ0) is 21.8. The maximum Gasteiger partial charge on any atom is 0.267 e. The Morgan fingerprint density at radius 3 is 2.68 bits per heavy atom. The average molecular weight is 422 g/mol. The summed E-state index contributed by atoms with van der Waals surface area (Å²) in [7, 11) is 0. The number of carbonyl (C=O) groups excluding carboxylic acids is 3. The molecule has 0 spiro atoms. The lowest BCUT2D eigenvalue weighted by atomic mass is 10.0. The summed E-state index contributed by atoms with van der Waals surface area (Å²) in [5.74, 6) is 0.397. The third-order valence-corrected chi connectivity index (χ3v) is 5.73. The highest BCUT2D eigenvalue weighted by Crippen LogP contribution is 2.33. The average Bonchev–Trinajstić information content (AvgIpc) is 2.80. The van der Waals surface area contributed by atoms with E-state index < -0.39 is 6.10 Å². The van der Waals surface area contributed by atoms with E-state index in [1.807, 2.05) is 29.2 Å². The molecule has 0 radical (unpaired) electrons. The minimum atomic E-state index is -0.566. The molecule has 1 unspecified atom stereocenters. The summed E-state index contributed by atoms with van der Waals surface area (Å²) in [6, 6.07) is 10.9. The SMILES string of the molecule is CC1Oc2ccccc2N(CCC(=O)N2CCC(NC(=O)c3cccnc3)CC2)C1=O. The number of nitrogens with zero attached hydrogens (tertiary/aromatic N) is 3. The van der Waals surface area contributed by atoms with Gasteiger partial charge in [-0.3, -0.25) is 19.4 Å². The van der Waals surface area contributed by atoms with Gasteiger partial charge in [-0.1, -0.05) is 12.1 Å². The molecule has 162 valence electrons. The highest BCUT2D eigenvalue weighted by atomic mass is 16.5. The van der Waals surface area contributed by atoms with E-state index in [1.54, 1.807) is 36.4 Å². The third-order valence-electron chi connectivity index (χ3n) is 5.73. The number of para-hydroxylation sites is 2. The van der Waals surface area contributed by atoms with Gasteiger partial charge in [0.15, 0.2) is 6.10 Å². The van der Waals surface area contributed by atoms with Crippen LogP contribution in [0, 0.1) is 0 Å². The first-order valence-electron chi connectivity index (χ1n) is 10.6. The van der Waals surface area contributed by atoms with Crippen LogP contribution >= 0.6 is 0 Å². The van der Waals surface area contributed by atoms with Crippen LogP contribution in [0.5, 0.6) is 5.75 Å². The van der Waals surface area contributed by atoms with Gasteiger partial charge in [0.25, 0.3) is 11.8 Å². The van der Waals surface area contributed by atoms with E-state index in [1.165, 1.54) is 0 Å². The Hall–Kier alpha value is -3.42. The van der Waals surface area contributed by atoms with E-state index >= 15 is 0 Å². The van der Waals surface area contributed by atoms with Crippen molar-refractivity contribution >= 4 is 23.4 Å². The van der Waals surface area contributed by atoms with Crippen LogP contribution < -0.4 is 15.0 Å². The standard InChI is InChI=1S/C23H26N4O4/c1-16-23(30)27(19-6-2-3-7-20(19)31-16)14-10-21(28)26-12-8-18(9-13-26)25-22(29)17-5-4-11-24-15-17/h2-7,11,15-16,18H,8-10,12-14H2,1H3,(H,25,29). The van der Waals surface area contributed by atoms with Crippen LogP contribution in [-0.4, -0.2) is 59.4 Å². The monoisotopic (exact) mass is 422 g/mol. The molecular formula is C23H26N4O4. The van der Waals surface area contributed by atoms with Crippen LogP contribution in [0.3, 0.4) is 0 Å². The molecule has 0 bridgehead atoms. The van der Waals surface area contributed by atoms with Gasteiger partial charge in [0.05, 0.1) is 11.3 Å². The predicted octanol–water partition coefficient (Wildman–Crippen LogP) is 2.01. The van der Waals surface area contributed by atoms with Crippen molar-refractivity contribution in [3.63, 3.8) is 0 Å². The van der Waals surface area contributed by atoms with Crippen molar-refractivity contribution in [3.05, 3.63) is 54.4 Å². The summed E-state index contributed by atoms with van der Waals surface area (Å²) in [5.41, 5.74) is 1.24. The van der Waals surface area contributed by atoms with Gasteiger partial charge >= 0.3 is 0 Å². The number of amides is 3. The number of likely N-dealkylation sites (tertiary alicyclic amines) is 1. The van der Waals surface area contributed by atoms with Crippen LogP contribution in [-0.2, 0) is 9.59 Å². The number of rotatable bonds is 5. The summed E-state index contributed by atoms with van der Waals surface area (Å²) < 4.78 is 5.65. The Bertz CT molecular complexity index is 957. The fraction of sp³-hybridized carbons (Fsp3) is 0.391. The molecule has 31 heavy (non-hydrogen) atoms. The van der Waals surface area contributed by atoms with Crippen LogP contribution in [0.15, 0.2) is 48.8 Å². The van der Waals surface area contributed by atoms with Gasteiger partial charge < -0.3 is 19.9 Å². The first kappa shape index (κ1) is 20.8. The Morgan fingerprint density at radius 2 is 1.94 bits per heavy atom. The molecular weight excluding hydrogens is 396 g/mol. The van der Waals surface area contributed by atoms with Crippen LogP contribution in [0.4, 0.5) is 5.69 Å². The molecule has 2 aliphatic rings. The lowest BCUT2D eigenvalue weighted by Crippen LogP contribution is -2.48. The Kier molecular flexibility index (Phi) is 6.16. The van der Waals surface area contributed by atoms with Gasteiger partial charge in [0.1, 0.15) is 5.75 Å². The number of nitrogens with one attached hydrogen (secondary N) is 1. The maximum atomic E-state index is 12.8. The summed E-state index contributed by atoms with van der Waals surface area (Å²) in [5, 5.41) is 3.02. The van der Waals surface area contributed by atoms with E-state index in [0.29, 0.717) is 49.5 Å². The van der Waals surface area contributed by atoms with Crippen molar-refractivity contribution in [1.29, 1.82) is 0 Å². The minimum absolute atomic E-state index is 0.0152. The molecule has 1 atom stereocenters. The smallest absolute Gasteiger partial charge is 0.267 e. The first-order chi connectivity index (χ1) is 15.0. The quantitative estimate of drug-likeness (QED) is 0.796. The molecule has 2 aromatic rings. The maximum absolute atomic E-state index is 12.8. The Labute approximate surface area is 181 Å². The molecule has 1 aromatic heterocycles. The highest BCUT2D eigenvalue weighted by molar-refractivity contribution is 6.00. The normalized spacial score (nSPS) is 18.9. The van der Waals surface area contributed by atoms with Gasteiger partial charge in [-0.2, -0.15) is 0 Å². The number of pyridine rings is 1. The molecule has 0 aliphatic carbocycles. The molecule has 8 heteroatoms. The summed E-state index contributed by atoms with van der Waals surface area (Å²) in [4.78, 5) is 45.0. The second-order valence-electron chi connectivity index (χ2n) is 7.84. The van der Waals surface area contributed by atoms with Crippen molar-refractivity contribution in [2.24, 2.45) is 0 Å². The van der Waals surface area contributed by atoms with Gasteiger partial charge in [-0.25, -0.2) is 0 Å². The topological polar surface area (TPSA) is 91.8 Å². The number of carbonyl (C=O) groups is 3. The van der Waals surface area contributed by atoms with Gasteiger partial charge in [0, 0.05) is 44.5 Å². The summed E-state index contributed by atoms with van der Waals surface area (Å²) in [6.07, 6.45) is 4.26. The molecule has 1 fully saturated rings. The molecule has 8 nitrogen and oxygen atoms in total. The van der Waals surface area contributed by atoms with Crippen LogP contribution in [0.25, 0.3) is 0 Å². The number of hydrogen-bond acceptors (Lipinski definition) is 5. The fourth-order valence-corrected chi connectivity index (χ4v) is 3.99. The number of anilines is 1. The number of fused-ring (bicyclic) bond motifs is 1. The van der Waals surface area contributed by atoms with E-state index in [4.69, 9.17) is 4.74 Å². The van der Waals surface area contributed by atoms with Crippen LogP contribution in [0.2, 0.25) is 0 Å². The molecule has 3 heterocycles. The first-order valence-corrected chi connectivity index (χ1v) is 10.6. The largest absolute Gasteiger partial charge is 0.479 e. The molecule has 2 aliphatic heterocycles. The van der Waals surface area contributed by atoms with Gasteiger partial charge in [0.2, 0.25) is 5.91 Å². The lowest BCUT2D eigenvalue weighted by molar-refractivity contribution is -0.132. The molecule has 3 amide bonds. The number of hydrogen-bond donors (Lipinski definition) is 1. The van der Waals surface area contributed by atoms with Crippen molar-refractivity contribution in [3.8, 4) is 5.75 Å². The zero-order valence-electron chi connectivity index (χ0n) is 17.5. The van der Waals surface area contributed by atoms with Crippen molar-refractivity contribution in [1.82, 2.24) is 15.2 Å². The van der Waals surface area contributed by atoms with Gasteiger partial charge in [-0.15, -0.1) is 0 Å². The number of aromatic nitrogens is 1. The Balaban J connectivity index is 1.28. The summed E-state index contributed by atoms with van der Waals surface area (Å²) in [6.45, 7) is 3.21. The van der Waals surface area contributed by atoms with Crippen LogP contribution in [0.1, 0.15) is 36.5 Å². The third kappa shape index (κ3) is 4.68. The second kappa shape index (κ2) is 9.16. The molecule has 1 aromatic carbocycles. The molecule has 0 saturated carbocycles. The highest BCUT2D eigenvalue weighted by Gasteiger charge is 2.32. The second-order valence-corrected chi connectivity index (χ2v) is 7.84. The lowest BCUT2D eigenvalue weighted by Gasteiger charge is -2.35. The van der Waals surface area contributed by atoms with Crippen molar-refractivity contribution < 1.29 is 19.1 Å². The van der Waals surface area contributed by atoms with E-state index in [2.05, 4.69) is 10.3 Å². The molecule has 4 rings (SSSR count). The van der Waals surface area contributed by atoms with Crippen molar-refractivity contribution in [2.45, 2.75) is 38.3 Å².